The zero-order valence-corrected chi connectivity index (χ0v) is 13.8. The fourth-order valence-corrected chi connectivity index (χ4v) is 4.79. The standard InChI is InChI=1S/C18H28N2O3/c21-17(13-2-1-3-13)19-8-6-14(7-9-19)20-10-15(12-4-5-12)16(11-20)18(22)23/h12-16H,1-11H2,(H,22,23). The van der Waals surface area contributed by atoms with E-state index in [-0.39, 0.29) is 5.92 Å². The van der Waals surface area contributed by atoms with Crippen LogP contribution in [0.3, 0.4) is 0 Å². The lowest BCUT2D eigenvalue weighted by atomic mass is 9.84. The van der Waals surface area contributed by atoms with Gasteiger partial charge in [-0.15, -0.1) is 0 Å². The van der Waals surface area contributed by atoms with Crippen LogP contribution in [-0.2, 0) is 9.59 Å². The van der Waals surface area contributed by atoms with Crippen molar-refractivity contribution in [2.45, 2.75) is 51.0 Å². The van der Waals surface area contributed by atoms with Crippen molar-refractivity contribution in [1.29, 1.82) is 0 Å². The number of carboxylic acid groups (broad SMARTS) is 1. The SMILES string of the molecule is O=C(O)C1CN(C2CCN(C(=O)C3CCC3)CC2)CC1C1CC1. The van der Waals surface area contributed by atoms with Gasteiger partial charge in [0.2, 0.25) is 5.91 Å². The maximum absolute atomic E-state index is 12.3. The molecular weight excluding hydrogens is 292 g/mol. The Bertz CT molecular complexity index is 479. The first kappa shape index (κ1) is 15.4. The van der Waals surface area contributed by atoms with Crippen LogP contribution in [0.25, 0.3) is 0 Å². The van der Waals surface area contributed by atoms with E-state index < -0.39 is 5.97 Å². The van der Waals surface area contributed by atoms with Gasteiger partial charge < -0.3 is 10.0 Å². The summed E-state index contributed by atoms with van der Waals surface area (Å²) in [7, 11) is 0. The Morgan fingerprint density at radius 3 is 2.13 bits per heavy atom. The second-order valence-electron chi connectivity index (χ2n) is 8.08. The van der Waals surface area contributed by atoms with Gasteiger partial charge in [0.25, 0.3) is 0 Å². The highest BCUT2D eigenvalue weighted by Crippen LogP contribution is 2.45. The monoisotopic (exact) mass is 320 g/mol. The first-order valence-electron chi connectivity index (χ1n) is 9.39. The molecule has 0 radical (unpaired) electrons. The molecule has 2 aliphatic heterocycles. The zero-order chi connectivity index (χ0) is 16.0. The molecule has 0 aromatic carbocycles. The normalized spacial score (nSPS) is 33.7. The van der Waals surface area contributed by atoms with Crippen molar-refractivity contribution >= 4 is 11.9 Å². The fraction of sp³-hybridized carbons (Fsp3) is 0.889. The first-order valence-corrected chi connectivity index (χ1v) is 9.39. The average molecular weight is 320 g/mol. The van der Waals surface area contributed by atoms with E-state index in [4.69, 9.17) is 0 Å². The number of amides is 1. The molecule has 2 aliphatic carbocycles. The average Bonchev–Trinajstić information content (AvgIpc) is 3.24. The fourth-order valence-electron chi connectivity index (χ4n) is 4.79. The topological polar surface area (TPSA) is 60.9 Å². The third-order valence-electron chi connectivity index (χ3n) is 6.69. The minimum absolute atomic E-state index is 0.169. The van der Waals surface area contributed by atoms with E-state index in [1.54, 1.807) is 0 Å². The van der Waals surface area contributed by atoms with Crippen LogP contribution >= 0.6 is 0 Å². The molecular formula is C18H28N2O3. The van der Waals surface area contributed by atoms with E-state index >= 15 is 0 Å². The molecule has 0 aromatic rings. The molecule has 2 atom stereocenters. The van der Waals surface area contributed by atoms with Gasteiger partial charge in [0.05, 0.1) is 5.92 Å². The number of aliphatic carboxylic acids is 1. The van der Waals surface area contributed by atoms with Crippen LogP contribution in [0.4, 0.5) is 0 Å². The number of carbonyl (C=O) groups is 2. The Kier molecular flexibility index (Phi) is 4.08. The second kappa shape index (κ2) is 6.08. The van der Waals surface area contributed by atoms with Crippen molar-refractivity contribution in [3.63, 3.8) is 0 Å². The van der Waals surface area contributed by atoms with Crippen LogP contribution in [0.1, 0.15) is 44.9 Å². The van der Waals surface area contributed by atoms with Gasteiger partial charge in [0.1, 0.15) is 0 Å². The Morgan fingerprint density at radius 2 is 1.61 bits per heavy atom. The second-order valence-corrected chi connectivity index (χ2v) is 8.08. The van der Waals surface area contributed by atoms with E-state index in [0.29, 0.717) is 29.7 Å². The number of hydrogen-bond acceptors (Lipinski definition) is 3. The van der Waals surface area contributed by atoms with Gasteiger partial charge in [-0.1, -0.05) is 6.42 Å². The number of carbonyl (C=O) groups excluding carboxylic acids is 1. The van der Waals surface area contributed by atoms with Gasteiger partial charge in [0.15, 0.2) is 0 Å². The predicted octanol–water partition coefficient (Wildman–Crippen LogP) is 1.82. The van der Waals surface area contributed by atoms with Crippen LogP contribution < -0.4 is 0 Å². The molecule has 4 rings (SSSR count). The highest BCUT2D eigenvalue weighted by Gasteiger charge is 2.47. The number of likely N-dealkylation sites (tertiary alicyclic amines) is 2. The summed E-state index contributed by atoms with van der Waals surface area (Å²) in [6, 6.07) is 0.478. The molecule has 5 nitrogen and oxygen atoms in total. The van der Waals surface area contributed by atoms with E-state index in [1.807, 2.05) is 0 Å². The first-order chi connectivity index (χ1) is 11.1. The van der Waals surface area contributed by atoms with Gasteiger partial charge in [-0.25, -0.2) is 0 Å². The number of piperidine rings is 1. The van der Waals surface area contributed by atoms with Gasteiger partial charge in [-0.05, 0) is 50.4 Å². The molecule has 0 bridgehead atoms. The minimum atomic E-state index is -0.609. The zero-order valence-electron chi connectivity index (χ0n) is 13.8. The number of hydrogen-bond donors (Lipinski definition) is 1. The summed E-state index contributed by atoms with van der Waals surface area (Å²) in [5.41, 5.74) is 0. The van der Waals surface area contributed by atoms with Gasteiger partial charge in [0, 0.05) is 38.1 Å². The summed E-state index contributed by atoms with van der Waals surface area (Å²) >= 11 is 0. The van der Waals surface area contributed by atoms with Gasteiger partial charge in [-0.3, -0.25) is 14.5 Å². The molecule has 2 saturated carbocycles. The molecule has 1 amide bonds. The molecule has 2 unspecified atom stereocenters. The van der Waals surface area contributed by atoms with Crippen molar-refractivity contribution in [2.24, 2.45) is 23.7 Å². The van der Waals surface area contributed by atoms with Crippen LogP contribution in [0, 0.1) is 23.7 Å². The Morgan fingerprint density at radius 1 is 0.913 bits per heavy atom. The summed E-state index contributed by atoms with van der Waals surface area (Å²) in [5.74, 6) is 0.909. The highest BCUT2D eigenvalue weighted by molar-refractivity contribution is 5.79. The van der Waals surface area contributed by atoms with Crippen LogP contribution in [-0.4, -0.2) is 59.0 Å². The van der Waals surface area contributed by atoms with Crippen molar-refractivity contribution in [3.05, 3.63) is 0 Å². The maximum Gasteiger partial charge on any atom is 0.308 e. The molecule has 5 heteroatoms. The van der Waals surface area contributed by atoms with Crippen LogP contribution in [0.15, 0.2) is 0 Å². The highest BCUT2D eigenvalue weighted by atomic mass is 16.4. The van der Waals surface area contributed by atoms with Gasteiger partial charge in [-0.2, -0.15) is 0 Å². The van der Waals surface area contributed by atoms with Crippen molar-refractivity contribution < 1.29 is 14.7 Å². The van der Waals surface area contributed by atoms with E-state index in [9.17, 15) is 14.7 Å². The summed E-state index contributed by atoms with van der Waals surface area (Å²) in [5, 5.41) is 9.51. The third-order valence-corrected chi connectivity index (χ3v) is 6.69. The lowest BCUT2D eigenvalue weighted by molar-refractivity contribution is -0.142. The molecule has 0 aromatic heterocycles. The molecule has 1 N–H and O–H groups in total. The van der Waals surface area contributed by atoms with Crippen LogP contribution in [0.5, 0.6) is 0 Å². The number of carboxylic acids is 1. The summed E-state index contributed by atoms with van der Waals surface area (Å²) in [6.45, 7) is 3.41. The van der Waals surface area contributed by atoms with Crippen molar-refractivity contribution in [3.8, 4) is 0 Å². The molecule has 2 heterocycles. The molecule has 4 aliphatic rings. The maximum atomic E-state index is 12.3. The molecule has 2 saturated heterocycles. The predicted molar refractivity (Wildman–Crippen MR) is 85.9 cm³/mol. The molecule has 128 valence electrons. The Balaban J connectivity index is 1.31. The Labute approximate surface area is 138 Å². The van der Waals surface area contributed by atoms with E-state index in [1.165, 1.54) is 19.3 Å². The Hall–Kier alpha value is -1.10. The lowest BCUT2D eigenvalue weighted by Gasteiger charge is -2.39. The summed E-state index contributed by atoms with van der Waals surface area (Å²) in [6.07, 6.45) is 7.83. The van der Waals surface area contributed by atoms with Gasteiger partial charge >= 0.3 is 5.97 Å². The molecule has 23 heavy (non-hydrogen) atoms. The van der Waals surface area contributed by atoms with Crippen LogP contribution in [0.2, 0.25) is 0 Å². The molecule has 0 spiro atoms. The minimum Gasteiger partial charge on any atom is -0.481 e. The number of nitrogens with zero attached hydrogens (tertiary/aromatic N) is 2. The summed E-state index contributed by atoms with van der Waals surface area (Å²) < 4.78 is 0. The summed E-state index contributed by atoms with van der Waals surface area (Å²) in [4.78, 5) is 28.4. The van der Waals surface area contributed by atoms with E-state index in [0.717, 1.165) is 51.9 Å². The third kappa shape index (κ3) is 3.00. The number of rotatable bonds is 4. The molecule has 4 fully saturated rings. The van der Waals surface area contributed by atoms with E-state index in [2.05, 4.69) is 9.80 Å². The lowest BCUT2D eigenvalue weighted by Crippen LogP contribution is -2.48. The quantitative estimate of drug-likeness (QED) is 0.858. The smallest absolute Gasteiger partial charge is 0.308 e. The van der Waals surface area contributed by atoms with Crippen molar-refractivity contribution in [2.75, 3.05) is 26.2 Å². The van der Waals surface area contributed by atoms with Crippen molar-refractivity contribution in [1.82, 2.24) is 9.80 Å². The largest absolute Gasteiger partial charge is 0.481 e.